The van der Waals surface area contributed by atoms with E-state index in [4.69, 9.17) is 4.74 Å². The van der Waals surface area contributed by atoms with Crippen LogP contribution in [-0.4, -0.2) is 81.9 Å². The van der Waals surface area contributed by atoms with Crippen molar-refractivity contribution in [1.29, 1.82) is 0 Å². The molecule has 1 aromatic heterocycles. The Balaban J connectivity index is 1.54. The molecular weight excluding hydrogens is 394 g/mol. The molecule has 0 aliphatic carbocycles. The number of anilines is 1. The van der Waals surface area contributed by atoms with E-state index in [9.17, 15) is 4.79 Å². The Bertz CT molecular complexity index is 863. The molecule has 0 saturated carbocycles. The maximum atomic E-state index is 12.4. The largest absolute Gasteiger partial charge is 0.379 e. The molecule has 0 bridgehead atoms. The van der Waals surface area contributed by atoms with E-state index in [0.29, 0.717) is 19.8 Å². The van der Waals surface area contributed by atoms with Crippen molar-refractivity contribution in [3.05, 3.63) is 35.7 Å². The van der Waals surface area contributed by atoms with Gasteiger partial charge < -0.3 is 10.1 Å². The van der Waals surface area contributed by atoms with Crippen LogP contribution in [-0.2, 0) is 15.1 Å². The summed E-state index contributed by atoms with van der Waals surface area (Å²) < 4.78 is 7.47. The molecule has 3 heterocycles. The molecule has 1 atom stereocenters. The summed E-state index contributed by atoms with van der Waals surface area (Å²) in [6.45, 7) is 11.8. The highest BCUT2D eigenvalue weighted by atomic mass is 16.5. The van der Waals surface area contributed by atoms with Crippen LogP contribution in [0, 0.1) is 0 Å². The summed E-state index contributed by atoms with van der Waals surface area (Å²) in [6.07, 6.45) is 2.36. The first-order valence-electron chi connectivity index (χ1n) is 11.1. The lowest BCUT2D eigenvalue weighted by Crippen LogP contribution is -2.41. The van der Waals surface area contributed by atoms with E-state index >= 15 is 0 Å². The van der Waals surface area contributed by atoms with Gasteiger partial charge in [-0.3, -0.25) is 14.6 Å². The third-order valence-corrected chi connectivity index (χ3v) is 5.86. The summed E-state index contributed by atoms with van der Waals surface area (Å²) in [5.41, 5.74) is 1.68. The number of hydrogen-bond acceptors (Lipinski definition) is 7. The van der Waals surface area contributed by atoms with Crippen LogP contribution in [0.25, 0.3) is 0 Å². The highest BCUT2D eigenvalue weighted by molar-refractivity contribution is 5.92. The molecule has 9 nitrogen and oxygen atoms in total. The van der Waals surface area contributed by atoms with E-state index < -0.39 is 0 Å². The molecule has 31 heavy (non-hydrogen) atoms. The minimum atomic E-state index is -0.229. The zero-order valence-electron chi connectivity index (χ0n) is 18.8. The second kappa shape index (κ2) is 9.42. The number of aromatic nitrogens is 4. The first-order valence-corrected chi connectivity index (χ1v) is 11.1. The quantitative estimate of drug-likeness (QED) is 0.753. The summed E-state index contributed by atoms with van der Waals surface area (Å²) in [7, 11) is 0. The van der Waals surface area contributed by atoms with Gasteiger partial charge in [0.2, 0.25) is 5.91 Å². The first kappa shape index (κ1) is 21.9. The second-order valence-corrected chi connectivity index (χ2v) is 9.32. The summed E-state index contributed by atoms with van der Waals surface area (Å²) in [4.78, 5) is 16.9. The van der Waals surface area contributed by atoms with Crippen LogP contribution < -0.4 is 5.32 Å². The molecule has 0 radical (unpaired) electrons. The number of hydrogen-bond donors (Lipinski definition) is 1. The van der Waals surface area contributed by atoms with Crippen LogP contribution in [0.1, 0.15) is 51.0 Å². The normalized spacial score (nSPS) is 19.5. The Morgan fingerprint density at radius 1 is 1.10 bits per heavy atom. The van der Waals surface area contributed by atoms with Gasteiger partial charge in [0.1, 0.15) is 0 Å². The number of rotatable bonds is 6. The Morgan fingerprint density at radius 2 is 1.77 bits per heavy atom. The minimum absolute atomic E-state index is 0.0380. The number of carbonyl (C=O) groups excluding carboxylic acids is 1. The summed E-state index contributed by atoms with van der Waals surface area (Å²) >= 11 is 0. The van der Waals surface area contributed by atoms with Crippen LogP contribution in [0.3, 0.4) is 0 Å². The smallest absolute Gasteiger partial charge is 0.238 e. The van der Waals surface area contributed by atoms with Crippen molar-refractivity contribution in [2.75, 3.05) is 51.3 Å². The van der Waals surface area contributed by atoms with Gasteiger partial charge in [-0.25, -0.2) is 4.68 Å². The zero-order chi connectivity index (χ0) is 21.8. The molecule has 2 saturated heterocycles. The van der Waals surface area contributed by atoms with Gasteiger partial charge in [-0.1, -0.05) is 12.1 Å². The molecule has 1 N–H and O–H groups in total. The van der Waals surface area contributed by atoms with Crippen LogP contribution in [0.4, 0.5) is 5.69 Å². The molecule has 9 heteroatoms. The SMILES string of the molecule is CC(C)(C)n1nnnc1C(c1ccc(NC(=O)CN2CCCC2)cc1)N1CCOCC1. The minimum Gasteiger partial charge on any atom is -0.379 e. The summed E-state index contributed by atoms with van der Waals surface area (Å²) in [5, 5.41) is 15.7. The summed E-state index contributed by atoms with van der Waals surface area (Å²) in [5.74, 6) is 0.858. The van der Waals surface area contributed by atoms with E-state index in [1.165, 1.54) is 12.8 Å². The predicted octanol–water partition coefficient (Wildman–Crippen LogP) is 1.88. The van der Waals surface area contributed by atoms with Gasteiger partial charge in [0.25, 0.3) is 0 Å². The van der Waals surface area contributed by atoms with Gasteiger partial charge >= 0.3 is 0 Å². The van der Waals surface area contributed by atoms with Gasteiger partial charge in [0.15, 0.2) is 5.82 Å². The predicted molar refractivity (Wildman–Crippen MR) is 118 cm³/mol. The maximum Gasteiger partial charge on any atom is 0.238 e. The van der Waals surface area contributed by atoms with Gasteiger partial charge in [-0.2, -0.15) is 0 Å². The second-order valence-electron chi connectivity index (χ2n) is 9.32. The number of ether oxygens (including phenoxy) is 1. The van der Waals surface area contributed by atoms with Gasteiger partial charge in [-0.05, 0) is 74.8 Å². The number of carbonyl (C=O) groups is 1. The van der Waals surface area contributed by atoms with Crippen molar-refractivity contribution in [3.8, 4) is 0 Å². The standard InChI is InChI=1S/C22H33N7O2/c1-22(2,3)29-21(24-25-26-29)20(28-12-14-31-15-13-28)17-6-8-18(9-7-17)23-19(30)16-27-10-4-5-11-27/h6-9,20H,4-5,10-16H2,1-3H3,(H,23,30). The molecule has 4 rings (SSSR count). The molecule has 1 unspecified atom stereocenters. The third-order valence-electron chi connectivity index (χ3n) is 5.86. The Kier molecular flexibility index (Phi) is 6.64. The van der Waals surface area contributed by atoms with Crippen LogP contribution in [0.5, 0.6) is 0 Å². The van der Waals surface area contributed by atoms with Crippen LogP contribution >= 0.6 is 0 Å². The lowest BCUT2D eigenvalue weighted by atomic mass is 10.0. The van der Waals surface area contributed by atoms with E-state index in [0.717, 1.165) is 43.3 Å². The number of amides is 1. The van der Waals surface area contributed by atoms with Crippen molar-refractivity contribution in [2.45, 2.75) is 45.2 Å². The van der Waals surface area contributed by atoms with Gasteiger partial charge in [-0.15, -0.1) is 5.10 Å². The average Bonchev–Trinajstić information content (AvgIpc) is 3.42. The summed E-state index contributed by atoms with van der Waals surface area (Å²) in [6, 6.07) is 7.99. The molecule has 2 aromatic rings. The van der Waals surface area contributed by atoms with Gasteiger partial charge in [0.05, 0.1) is 31.3 Å². The van der Waals surface area contributed by atoms with Crippen molar-refractivity contribution >= 4 is 11.6 Å². The fraction of sp³-hybridized carbons (Fsp3) is 0.636. The van der Waals surface area contributed by atoms with Crippen LogP contribution in [0.15, 0.2) is 24.3 Å². The van der Waals surface area contributed by atoms with E-state index in [2.05, 4.69) is 63.5 Å². The molecule has 1 aromatic carbocycles. The zero-order valence-corrected chi connectivity index (χ0v) is 18.8. The number of benzene rings is 1. The van der Waals surface area contributed by atoms with Crippen molar-refractivity contribution in [3.63, 3.8) is 0 Å². The monoisotopic (exact) mass is 427 g/mol. The molecule has 0 spiro atoms. The number of morpholine rings is 1. The van der Waals surface area contributed by atoms with E-state index in [1.807, 2.05) is 16.8 Å². The number of nitrogens with one attached hydrogen (secondary N) is 1. The molecule has 2 fully saturated rings. The average molecular weight is 428 g/mol. The number of likely N-dealkylation sites (tertiary alicyclic amines) is 1. The molecule has 2 aliphatic heterocycles. The first-order chi connectivity index (χ1) is 14.9. The third kappa shape index (κ3) is 5.28. The Labute approximate surface area is 183 Å². The Hall–Kier alpha value is -2.36. The van der Waals surface area contributed by atoms with Crippen molar-refractivity contribution in [2.24, 2.45) is 0 Å². The van der Waals surface area contributed by atoms with E-state index in [-0.39, 0.29) is 17.5 Å². The topological polar surface area (TPSA) is 88.4 Å². The maximum absolute atomic E-state index is 12.4. The number of tetrazole rings is 1. The fourth-order valence-electron chi connectivity index (χ4n) is 4.29. The lowest BCUT2D eigenvalue weighted by Gasteiger charge is -2.35. The van der Waals surface area contributed by atoms with Gasteiger partial charge in [0, 0.05) is 18.8 Å². The van der Waals surface area contributed by atoms with Crippen molar-refractivity contribution in [1.82, 2.24) is 30.0 Å². The fourth-order valence-corrected chi connectivity index (χ4v) is 4.29. The molecule has 168 valence electrons. The molecule has 2 aliphatic rings. The van der Waals surface area contributed by atoms with Crippen molar-refractivity contribution < 1.29 is 9.53 Å². The highest BCUT2D eigenvalue weighted by Crippen LogP contribution is 2.31. The molecular formula is C22H33N7O2. The number of nitrogens with zero attached hydrogens (tertiary/aromatic N) is 6. The highest BCUT2D eigenvalue weighted by Gasteiger charge is 2.32. The molecule has 1 amide bonds. The van der Waals surface area contributed by atoms with Crippen LogP contribution in [0.2, 0.25) is 0 Å². The van der Waals surface area contributed by atoms with E-state index in [1.54, 1.807) is 0 Å². The Morgan fingerprint density at radius 3 is 2.42 bits per heavy atom. The lowest BCUT2D eigenvalue weighted by molar-refractivity contribution is -0.117.